The van der Waals surface area contributed by atoms with E-state index in [1.54, 1.807) is 11.8 Å². The van der Waals surface area contributed by atoms with Gasteiger partial charge in [-0.15, -0.1) is 0 Å². The number of rotatable bonds is 4. The molecule has 0 aliphatic heterocycles. The van der Waals surface area contributed by atoms with Gasteiger partial charge in [-0.3, -0.25) is 0 Å². The highest BCUT2D eigenvalue weighted by atomic mass is 32.2. The summed E-state index contributed by atoms with van der Waals surface area (Å²) in [5.74, 6) is 0. The Labute approximate surface area is 165 Å². The van der Waals surface area contributed by atoms with Gasteiger partial charge in [0, 0.05) is 15.5 Å². The number of carbonyl (C=O) groups excluding carboxylic acids is 1. The molecule has 27 heavy (non-hydrogen) atoms. The summed E-state index contributed by atoms with van der Waals surface area (Å²) in [6.45, 7) is 6.51. The molecule has 0 aromatic heterocycles. The van der Waals surface area contributed by atoms with Crippen molar-refractivity contribution >= 4 is 29.2 Å². The molecule has 0 aliphatic rings. The van der Waals surface area contributed by atoms with Crippen molar-refractivity contribution in [3.8, 4) is 0 Å². The van der Waals surface area contributed by atoms with Gasteiger partial charge < -0.3 is 10.6 Å². The molecule has 4 heteroatoms. The van der Waals surface area contributed by atoms with Gasteiger partial charge in [-0.1, -0.05) is 75.0 Å². The Morgan fingerprint density at radius 3 is 2.07 bits per heavy atom. The van der Waals surface area contributed by atoms with Crippen LogP contribution in [0.3, 0.4) is 0 Å². The lowest BCUT2D eigenvalue weighted by atomic mass is 9.87. The average Bonchev–Trinajstić information content (AvgIpc) is 2.64. The van der Waals surface area contributed by atoms with Crippen LogP contribution < -0.4 is 10.6 Å². The Balaban J connectivity index is 1.68. The van der Waals surface area contributed by atoms with Crippen molar-refractivity contribution < 1.29 is 4.79 Å². The average molecular weight is 377 g/mol. The SMILES string of the molecule is CC(C)(C)c1ccc(NC(=O)Nc2ccccc2Sc2ccccc2)cc1. The molecule has 0 fully saturated rings. The van der Waals surface area contributed by atoms with Gasteiger partial charge in [0.25, 0.3) is 0 Å². The van der Waals surface area contributed by atoms with Crippen molar-refractivity contribution in [2.45, 2.75) is 36.0 Å². The van der Waals surface area contributed by atoms with Crippen LogP contribution in [0.1, 0.15) is 26.3 Å². The fraction of sp³-hybridized carbons (Fsp3) is 0.174. The van der Waals surface area contributed by atoms with Gasteiger partial charge >= 0.3 is 6.03 Å². The number of para-hydroxylation sites is 1. The second kappa shape index (κ2) is 8.31. The lowest BCUT2D eigenvalue weighted by molar-refractivity contribution is 0.262. The van der Waals surface area contributed by atoms with Crippen molar-refractivity contribution in [1.29, 1.82) is 0 Å². The third-order valence-corrected chi connectivity index (χ3v) is 5.20. The van der Waals surface area contributed by atoms with Crippen molar-refractivity contribution in [2.75, 3.05) is 10.6 Å². The molecule has 138 valence electrons. The van der Waals surface area contributed by atoms with Crippen LogP contribution in [0.4, 0.5) is 16.2 Å². The van der Waals surface area contributed by atoms with E-state index >= 15 is 0 Å². The zero-order valence-corrected chi connectivity index (χ0v) is 16.6. The molecule has 2 N–H and O–H groups in total. The summed E-state index contributed by atoms with van der Waals surface area (Å²) in [5.41, 5.74) is 2.89. The molecule has 3 nitrogen and oxygen atoms in total. The number of amides is 2. The lowest BCUT2D eigenvalue weighted by Crippen LogP contribution is -2.20. The molecular weight excluding hydrogens is 352 g/mol. The molecule has 0 saturated carbocycles. The summed E-state index contributed by atoms with van der Waals surface area (Å²) >= 11 is 1.62. The Morgan fingerprint density at radius 2 is 1.41 bits per heavy atom. The van der Waals surface area contributed by atoms with Gasteiger partial charge in [-0.25, -0.2) is 4.79 Å². The van der Waals surface area contributed by atoms with Gasteiger partial charge in [0.2, 0.25) is 0 Å². The first-order valence-electron chi connectivity index (χ1n) is 8.92. The standard InChI is InChI=1S/C23H24N2OS/c1-23(2,3)17-13-15-18(16-14-17)24-22(26)25-20-11-7-8-12-21(20)27-19-9-5-4-6-10-19/h4-16H,1-3H3,(H2,24,25,26). The molecule has 0 radical (unpaired) electrons. The van der Waals surface area contributed by atoms with Crippen LogP contribution in [0.5, 0.6) is 0 Å². The van der Waals surface area contributed by atoms with Crippen molar-refractivity contribution in [3.05, 3.63) is 84.4 Å². The minimum Gasteiger partial charge on any atom is -0.308 e. The van der Waals surface area contributed by atoms with Crippen LogP contribution in [0.2, 0.25) is 0 Å². The Hall–Kier alpha value is -2.72. The van der Waals surface area contributed by atoms with Gasteiger partial charge in [0.1, 0.15) is 0 Å². The van der Waals surface area contributed by atoms with E-state index in [1.807, 2.05) is 54.6 Å². The quantitative estimate of drug-likeness (QED) is 0.527. The monoisotopic (exact) mass is 376 g/mol. The normalized spacial score (nSPS) is 11.1. The highest BCUT2D eigenvalue weighted by Crippen LogP contribution is 2.33. The molecular formula is C23H24N2OS. The van der Waals surface area contributed by atoms with Crippen molar-refractivity contribution in [1.82, 2.24) is 0 Å². The highest BCUT2D eigenvalue weighted by Gasteiger charge is 2.13. The molecule has 3 rings (SSSR count). The summed E-state index contributed by atoms with van der Waals surface area (Å²) in [4.78, 5) is 14.6. The number of hydrogen-bond acceptors (Lipinski definition) is 2. The van der Waals surface area contributed by atoms with E-state index in [9.17, 15) is 4.79 Å². The van der Waals surface area contributed by atoms with E-state index in [-0.39, 0.29) is 11.4 Å². The van der Waals surface area contributed by atoms with Crippen LogP contribution in [0, 0.1) is 0 Å². The van der Waals surface area contributed by atoms with Gasteiger partial charge in [0.05, 0.1) is 5.69 Å². The Morgan fingerprint density at radius 1 is 0.778 bits per heavy atom. The minimum absolute atomic E-state index is 0.0917. The van der Waals surface area contributed by atoms with Crippen LogP contribution in [0.15, 0.2) is 88.7 Å². The van der Waals surface area contributed by atoms with Crippen LogP contribution in [0.25, 0.3) is 0 Å². The molecule has 0 aliphatic carbocycles. The lowest BCUT2D eigenvalue weighted by Gasteiger charge is -2.19. The number of anilines is 2. The van der Waals surface area contributed by atoms with E-state index in [2.05, 4.69) is 55.7 Å². The molecule has 0 heterocycles. The first-order valence-corrected chi connectivity index (χ1v) is 9.74. The molecule has 0 saturated heterocycles. The summed E-state index contributed by atoms with van der Waals surface area (Å²) in [5, 5.41) is 5.85. The molecule has 0 bridgehead atoms. The minimum atomic E-state index is -0.250. The third kappa shape index (κ3) is 5.38. The molecule has 2 amide bonds. The maximum absolute atomic E-state index is 12.4. The number of carbonyl (C=O) groups is 1. The molecule has 3 aromatic carbocycles. The maximum Gasteiger partial charge on any atom is 0.323 e. The van der Waals surface area contributed by atoms with Crippen LogP contribution >= 0.6 is 11.8 Å². The summed E-state index contributed by atoms with van der Waals surface area (Å²) < 4.78 is 0. The van der Waals surface area contributed by atoms with E-state index < -0.39 is 0 Å². The number of benzene rings is 3. The van der Waals surface area contributed by atoms with E-state index in [0.717, 1.165) is 21.2 Å². The third-order valence-electron chi connectivity index (χ3n) is 4.12. The Bertz CT molecular complexity index is 900. The van der Waals surface area contributed by atoms with Gasteiger partial charge in [-0.2, -0.15) is 0 Å². The second-order valence-corrected chi connectivity index (χ2v) is 8.43. The molecule has 0 spiro atoms. The molecule has 0 unspecified atom stereocenters. The number of urea groups is 1. The smallest absolute Gasteiger partial charge is 0.308 e. The number of hydrogen-bond donors (Lipinski definition) is 2. The zero-order valence-electron chi connectivity index (χ0n) is 15.8. The molecule has 3 aromatic rings. The fourth-order valence-electron chi connectivity index (χ4n) is 2.61. The van der Waals surface area contributed by atoms with Crippen molar-refractivity contribution in [2.24, 2.45) is 0 Å². The van der Waals surface area contributed by atoms with Crippen LogP contribution in [-0.2, 0) is 5.41 Å². The largest absolute Gasteiger partial charge is 0.323 e. The predicted molar refractivity (Wildman–Crippen MR) is 115 cm³/mol. The topological polar surface area (TPSA) is 41.1 Å². The first-order chi connectivity index (χ1) is 12.9. The van der Waals surface area contributed by atoms with Gasteiger partial charge in [-0.05, 0) is 47.4 Å². The fourth-order valence-corrected chi connectivity index (χ4v) is 3.54. The summed E-state index contributed by atoms with van der Waals surface area (Å²) in [6, 6.07) is 25.6. The molecule has 0 atom stereocenters. The second-order valence-electron chi connectivity index (χ2n) is 7.32. The van der Waals surface area contributed by atoms with Crippen molar-refractivity contribution in [3.63, 3.8) is 0 Å². The first kappa shape index (κ1) is 19.1. The summed E-state index contributed by atoms with van der Waals surface area (Å²) in [7, 11) is 0. The van der Waals surface area contributed by atoms with Crippen LogP contribution in [-0.4, -0.2) is 6.03 Å². The summed E-state index contributed by atoms with van der Waals surface area (Å²) in [6.07, 6.45) is 0. The Kier molecular flexibility index (Phi) is 5.87. The number of nitrogens with one attached hydrogen (secondary N) is 2. The predicted octanol–water partition coefficient (Wildman–Crippen LogP) is 6.78. The van der Waals surface area contributed by atoms with E-state index in [1.165, 1.54) is 5.56 Å². The zero-order chi connectivity index (χ0) is 19.3. The van der Waals surface area contributed by atoms with E-state index in [0.29, 0.717) is 0 Å². The van der Waals surface area contributed by atoms with Gasteiger partial charge in [0.15, 0.2) is 0 Å². The maximum atomic E-state index is 12.4. The van der Waals surface area contributed by atoms with E-state index in [4.69, 9.17) is 0 Å². The highest BCUT2D eigenvalue weighted by molar-refractivity contribution is 7.99.